The zero-order valence-corrected chi connectivity index (χ0v) is 14.7. The minimum atomic E-state index is -3.62. The van der Waals surface area contributed by atoms with Gasteiger partial charge in [-0.2, -0.15) is 0 Å². The average molecular weight is 339 g/mol. The molecule has 2 rings (SSSR count). The van der Waals surface area contributed by atoms with Crippen LogP contribution in [-0.4, -0.2) is 14.5 Å². The van der Waals surface area contributed by atoms with E-state index in [1.54, 1.807) is 24.3 Å². The number of hydrogen-bond acceptors (Lipinski definition) is 2. The Hall–Kier alpha value is -2.35. The fourth-order valence-corrected chi connectivity index (χ4v) is 3.57. The zero-order chi connectivity index (χ0) is 17.6. The Kier molecular flexibility index (Phi) is 5.97. The minimum absolute atomic E-state index is 0.239. The van der Waals surface area contributed by atoms with Crippen molar-refractivity contribution in [2.45, 2.75) is 31.2 Å². The number of sulfonamides is 1. The maximum absolute atomic E-state index is 12.6. The van der Waals surface area contributed by atoms with Gasteiger partial charge in [-0.25, -0.2) is 13.1 Å². The molecule has 0 spiro atoms. The molecule has 0 bridgehead atoms. The molecule has 124 valence electrons. The maximum atomic E-state index is 12.6. The molecule has 0 saturated carbocycles. The Labute approximate surface area is 144 Å². The van der Waals surface area contributed by atoms with Crippen LogP contribution in [0.15, 0.2) is 65.1 Å². The van der Waals surface area contributed by atoms with Gasteiger partial charge in [0.2, 0.25) is 10.0 Å². The van der Waals surface area contributed by atoms with Gasteiger partial charge in [0.15, 0.2) is 0 Å². The molecule has 4 heteroatoms. The highest BCUT2D eigenvalue weighted by atomic mass is 32.2. The quantitative estimate of drug-likeness (QED) is 0.814. The van der Waals surface area contributed by atoms with Crippen molar-refractivity contribution in [2.24, 2.45) is 0 Å². The van der Waals surface area contributed by atoms with Crippen LogP contribution in [-0.2, 0) is 10.0 Å². The van der Waals surface area contributed by atoms with Crippen molar-refractivity contribution in [1.82, 2.24) is 4.72 Å². The van der Waals surface area contributed by atoms with Gasteiger partial charge in [0.05, 0.1) is 10.9 Å². The number of aryl methyl sites for hydroxylation is 1. The second kappa shape index (κ2) is 7.96. The first-order valence-corrected chi connectivity index (χ1v) is 9.16. The van der Waals surface area contributed by atoms with E-state index in [1.807, 2.05) is 50.3 Å². The first-order valence-electron chi connectivity index (χ1n) is 7.68. The largest absolute Gasteiger partial charge is 0.241 e. The molecule has 0 radical (unpaired) electrons. The predicted octanol–water partition coefficient (Wildman–Crippen LogP) is 3.77. The number of hydrogen-bond donors (Lipinski definition) is 1. The van der Waals surface area contributed by atoms with E-state index in [9.17, 15) is 8.42 Å². The Morgan fingerprint density at radius 1 is 1.17 bits per heavy atom. The molecule has 0 aromatic heterocycles. The molecular weight excluding hydrogens is 318 g/mol. The highest BCUT2D eigenvalue weighted by molar-refractivity contribution is 7.89. The molecule has 0 aliphatic carbocycles. The molecule has 1 N–H and O–H groups in total. The molecule has 0 unspecified atom stereocenters. The fraction of sp³-hybridized carbons (Fsp3) is 0.200. The summed E-state index contributed by atoms with van der Waals surface area (Å²) in [6.07, 6.45) is 7.66. The van der Waals surface area contributed by atoms with Crippen LogP contribution in [0.3, 0.4) is 0 Å². The molecule has 24 heavy (non-hydrogen) atoms. The number of nitrogens with one attached hydrogen (secondary N) is 1. The van der Waals surface area contributed by atoms with E-state index in [-0.39, 0.29) is 4.90 Å². The van der Waals surface area contributed by atoms with E-state index >= 15 is 0 Å². The van der Waals surface area contributed by atoms with Crippen molar-refractivity contribution in [3.05, 3.63) is 71.3 Å². The number of terminal acetylenes is 1. The molecule has 0 aliphatic rings. The Morgan fingerprint density at radius 3 is 2.38 bits per heavy atom. The van der Waals surface area contributed by atoms with Gasteiger partial charge < -0.3 is 0 Å². The molecule has 0 amide bonds. The molecule has 0 aliphatic heterocycles. The second-order valence-corrected chi connectivity index (χ2v) is 7.41. The third-order valence-corrected chi connectivity index (χ3v) is 5.18. The van der Waals surface area contributed by atoms with E-state index in [2.05, 4.69) is 10.6 Å². The van der Waals surface area contributed by atoms with E-state index < -0.39 is 16.1 Å². The molecule has 2 aromatic rings. The molecule has 0 fully saturated rings. The zero-order valence-electron chi connectivity index (χ0n) is 13.9. The van der Waals surface area contributed by atoms with Gasteiger partial charge in [-0.3, -0.25) is 0 Å². The smallest absolute Gasteiger partial charge is 0.207 e. The van der Waals surface area contributed by atoms with E-state index in [0.717, 1.165) is 16.7 Å². The van der Waals surface area contributed by atoms with Crippen LogP contribution in [0.5, 0.6) is 0 Å². The summed E-state index contributed by atoms with van der Waals surface area (Å²) < 4.78 is 27.9. The summed E-state index contributed by atoms with van der Waals surface area (Å²) in [5.74, 6) is 2.55. The van der Waals surface area contributed by atoms with Gasteiger partial charge >= 0.3 is 0 Å². The Morgan fingerprint density at radius 2 is 1.79 bits per heavy atom. The summed E-state index contributed by atoms with van der Waals surface area (Å²) >= 11 is 0. The highest BCUT2D eigenvalue weighted by Gasteiger charge is 2.20. The second-order valence-electron chi connectivity index (χ2n) is 5.69. The first-order chi connectivity index (χ1) is 11.4. The topological polar surface area (TPSA) is 46.2 Å². The summed E-state index contributed by atoms with van der Waals surface area (Å²) in [5.41, 5.74) is 2.88. The van der Waals surface area contributed by atoms with Gasteiger partial charge in [0, 0.05) is 6.42 Å². The Balaban J connectivity index is 2.26. The van der Waals surface area contributed by atoms with E-state index in [4.69, 9.17) is 6.42 Å². The van der Waals surface area contributed by atoms with Crippen molar-refractivity contribution >= 4 is 16.1 Å². The summed E-state index contributed by atoms with van der Waals surface area (Å²) in [5, 5.41) is 0. The van der Waals surface area contributed by atoms with Crippen molar-refractivity contribution in [1.29, 1.82) is 0 Å². The molecular formula is C20H21NO2S. The third-order valence-electron chi connectivity index (χ3n) is 3.69. The predicted molar refractivity (Wildman–Crippen MR) is 98.8 cm³/mol. The monoisotopic (exact) mass is 339 g/mol. The molecule has 0 saturated heterocycles. The standard InChI is InChI=1S/C20H21NO2S/c1-4-8-20(17(3)15-18-9-6-5-7-10-18)21-24(22,23)19-13-11-16(2)12-14-19/h1,5-7,9-15,20-21H,8H2,2-3H3/b17-15+/t20-/m0/s1. The van der Waals surface area contributed by atoms with Gasteiger partial charge in [-0.05, 0) is 31.5 Å². The lowest BCUT2D eigenvalue weighted by Crippen LogP contribution is -2.35. The highest BCUT2D eigenvalue weighted by Crippen LogP contribution is 2.16. The van der Waals surface area contributed by atoms with E-state index in [1.165, 1.54) is 0 Å². The van der Waals surface area contributed by atoms with E-state index in [0.29, 0.717) is 6.42 Å². The average Bonchev–Trinajstić information content (AvgIpc) is 2.55. The normalized spacial score (nSPS) is 13.3. The lowest BCUT2D eigenvalue weighted by Gasteiger charge is -2.18. The van der Waals surface area contributed by atoms with Crippen LogP contribution >= 0.6 is 0 Å². The van der Waals surface area contributed by atoms with Crippen molar-refractivity contribution in [3.63, 3.8) is 0 Å². The molecule has 2 aromatic carbocycles. The van der Waals surface area contributed by atoms with Crippen molar-refractivity contribution in [2.75, 3.05) is 0 Å². The van der Waals surface area contributed by atoms with Crippen LogP contribution in [0, 0.1) is 19.3 Å². The molecule has 3 nitrogen and oxygen atoms in total. The lowest BCUT2D eigenvalue weighted by atomic mass is 10.0. The van der Waals surface area contributed by atoms with Gasteiger partial charge in [0.1, 0.15) is 0 Å². The molecule has 0 heterocycles. The van der Waals surface area contributed by atoms with Crippen LogP contribution in [0.2, 0.25) is 0 Å². The Bertz CT molecular complexity index is 845. The summed E-state index contributed by atoms with van der Waals surface area (Å²) in [4.78, 5) is 0.239. The summed E-state index contributed by atoms with van der Waals surface area (Å²) in [6, 6.07) is 16.0. The molecule has 1 atom stereocenters. The summed E-state index contributed by atoms with van der Waals surface area (Å²) in [7, 11) is -3.62. The first kappa shape index (κ1) is 18.0. The number of rotatable bonds is 6. The van der Waals surface area contributed by atoms with Crippen molar-refractivity contribution in [3.8, 4) is 12.3 Å². The lowest BCUT2D eigenvalue weighted by molar-refractivity contribution is 0.568. The van der Waals surface area contributed by atoms with Gasteiger partial charge in [-0.15, -0.1) is 12.3 Å². The maximum Gasteiger partial charge on any atom is 0.241 e. The van der Waals surface area contributed by atoms with Crippen LogP contribution in [0.25, 0.3) is 6.08 Å². The minimum Gasteiger partial charge on any atom is -0.207 e. The summed E-state index contributed by atoms with van der Waals surface area (Å²) in [6.45, 7) is 3.80. The SMILES string of the molecule is C#CC[C@H](NS(=O)(=O)c1ccc(C)cc1)/C(C)=C/c1ccccc1. The number of benzene rings is 2. The van der Waals surface area contributed by atoms with Crippen LogP contribution < -0.4 is 4.72 Å². The fourth-order valence-electron chi connectivity index (χ4n) is 2.30. The van der Waals surface area contributed by atoms with Crippen LogP contribution in [0.4, 0.5) is 0 Å². The van der Waals surface area contributed by atoms with Crippen molar-refractivity contribution < 1.29 is 8.42 Å². The van der Waals surface area contributed by atoms with Crippen LogP contribution in [0.1, 0.15) is 24.5 Å². The van der Waals surface area contributed by atoms with Gasteiger partial charge in [0.25, 0.3) is 0 Å². The third kappa shape index (κ3) is 4.82. The van der Waals surface area contributed by atoms with Gasteiger partial charge in [-0.1, -0.05) is 59.7 Å².